The predicted octanol–water partition coefficient (Wildman–Crippen LogP) is 1.17. The average Bonchev–Trinajstić information content (AvgIpc) is 2.24. The summed E-state index contributed by atoms with van der Waals surface area (Å²) >= 11 is 0. The van der Waals surface area contributed by atoms with Crippen molar-refractivity contribution in [1.82, 2.24) is 10.2 Å². The van der Waals surface area contributed by atoms with E-state index < -0.39 is 5.97 Å². The fourth-order valence-electron chi connectivity index (χ4n) is 2.18. The van der Waals surface area contributed by atoms with E-state index in [-0.39, 0.29) is 17.9 Å². The lowest BCUT2D eigenvalue weighted by Crippen LogP contribution is -2.42. The maximum absolute atomic E-state index is 10.8. The largest absolute Gasteiger partial charge is 0.481 e. The van der Waals surface area contributed by atoms with Crippen LogP contribution in [0, 0.1) is 5.41 Å². The molecule has 1 saturated heterocycles. The van der Waals surface area contributed by atoms with E-state index in [0.29, 0.717) is 6.04 Å². The Labute approximate surface area is 98.0 Å². The third-order valence-electron chi connectivity index (χ3n) is 3.11. The molecule has 1 unspecified atom stereocenters. The molecule has 0 aromatic heterocycles. The second kappa shape index (κ2) is 5.15. The number of nitrogens with one attached hydrogen (secondary N) is 1. The van der Waals surface area contributed by atoms with Gasteiger partial charge in [0.05, 0.1) is 6.42 Å². The first kappa shape index (κ1) is 13.5. The maximum atomic E-state index is 10.8. The van der Waals surface area contributed by atoms with Crippen molar-refractivity contribution < 1.29 is 9.90 Å². The van der Waals surface area contributed by atoms with E-state index in [9.17, 15) is 4.79 Å². The number of aliphatic carboxylic acids is 1. The molecule has 1 rings (SSSR count). The van der Waals surface area contributed by atoms with Crippen LogP contribution in [0.1, 0.15) is 34.1 Å². The molecular weight excluding hydrogens is 204 g/mol. The van der Waals surface area contributed by atoms with Crippen molar-refractivity contribution in [1.29, 1.82) is 0 Å². The highest BCUT2D eigenvalue weighted by atomic mass is 16.4. The minimum Gasteiger partial charge on any atom is -0.481 e. The number of hydrogen-bond donors (Lipinski definition) is 2. The lowest BCUT2D eigenvalue weighted by molar-refractivity contribution is -0.137. The van der Waals surface area contributed by atoms with Crippen LogP contribution in [0.4, 0.5) is 0 Å². The van der Waals surface area contributed by atoms with Crippen LogP contribution in [-0.4, -0.2) is 47.7 Å². The fraction of sp³-hybridized carbons (Fsp3) is 0.917. The molecule has 4 heteroatoms. The molecule has 0 bridgehead atoms. The second-order valence-corrected chi connectivity index (χ2v) is 5.86. The van der Waals surface area contributed by atoms with Crippen molar-refractivity contribution in [3.05, 3.63) is 0 Å². The van der Waals surface area contributed by atoms with Gasteiger partial charge >= 0.3 is 5.97 Å². The zero-order valence-electron chi connectivity index (χ0n) is 10.8. The Balaban J connectivity index is 2.68. The van der Waals surface area contributed by atoms with Crippen molar-refractivity contribution in [2.24, 2.45) is 5.41 Å². The van der Waals surface area contributed by atoms with Crippen LogP contribution in [0.25, 0.3) is 0 Å². The minimum atomic E-state index is -0.721. The van der Waals surface area contributed by atoms with Crippen LogP contribution >= 0.6 is 0 Å². The molecule has 1 atom stereocenters. The molecule has 0 amide bonds. The van der Waals surface area contributed by atoms with Gasteiger partial charge < -0.3 is 10.4 Å². The quantitative estimate of drug-likeness (QED) is 0.761. The standard InChI is InChI=1S/C12H24N2O2/c1-9(2)14-6-10(5-11(15)16)13-7-12(3,4)8-14/h9-10,13H,5-8H2,1-4H3,(H,15,16). The number of rotatable bonds is 3. The summed E-state index contributed by atoms with van der Waals surface area (Å²) in [6, 6.07) is 0.539. The number of carboxylic acid groups (broad SMARTS) is 1. The second-order valence-electron chi connectivity index (χ2n) is 5.86. The summed E-state index contributed by atoms with van der Waals surface area (Å²) in [4.78, 5) is 13.1. The summed E-state index contributed by atoms with van der Waals surface area (Å²) in [5.74, 6) is -0.721. The van der Waals surface area contributed by atoms with Crippen LogP contribution in [0.2, 0.25) is 0 Å². The normalized spacial score (nSPS) is 26.7. The molecule has 1 heterocycles. The van der Waals surface area contributed by atoms with Crippen molar-refractivity contribution in [2.45, 2.75) is 46.2 Å². The monoisotopic (exact) mass is 228 g/mol. The smallest absolute Gasteiger partial charge is 0.304 e. The van der Waals surface area contributed by atoms with E-state index in [1.807, 2.05) is 0 Å². The van der Waals surface area contributed by atoms with Crippen LogP contribution < -0.4 is 5.32 Å². The first-order valence-electron chi connectivity index (χ1n) is 5.99. The van der Waals surface area contributed by atoms with E-state index in [1.54, 1.807) is 0 Å². The van der Waals surface area contributed by atoms with Crippen LogP contribution in [0.5, 0.6) is 0 Å². The highest BCUT2D eigenvalue weighted by Gasteiger charge is 2.30. The van der Waals surface area contributed by atoms with Gasteiger partial charge in [0, 0.05) is 31.7 Å². The van der Waals surface area contributed by atoms with Gasteiger partial charge in [0.15, 0.2) is 0 Å². The van der Waals surface area contributed by atoms with Gasteiger partial charge in [0.1, 0.15) is 0 Å². The Bertz CT molecular complexity index is 251. The maximum Gasteiger partial charge on any atom is 0.304 e. The lowest BCUT2D eigenvalue weighted by Gasteiger charge is -2.32. The summed E-state index contributed by atoms with van der Waals surface area (Å²) in [7, 11) is 0. The van der Waals surface area contributed by atoms with E-state index >= 15 is 0 Å². The molecule has 0 aromatic rings. The molecule has 0 aliphatic carbocycles. The number of nitrogens with zero attached hydrogens (tertiary/aromatic N) is 1. The molecule has 4 nitrogen and oxygen atoms in total. The SMILES string of the molecule is CC(C)N1CC(CC(=O)O)NCC(C)(C)C1. The molecule has 2 N–H and O–H groups in total. The van der Waals surface area contributed by atoms with Gasteiger partial charge in [-0.05, 0) is 19.3 Å². The van der Waals surface area contributed by atoms with Gasteiger partial charge in [-0.3, -0.25) is 9.69 Å². The van der Waals surface area contributed by atoms with E-state index in [0.717, 1.165) is 19.6 Å². The third-order valence-corrected chi connectivity index (χ3v) is 3.11. The summed E-state index contributed by atoms with van der Waals surface area (Å²) in [6.07, 6.45) is 0.208. The Hall–Kier alpha value is -0.610. The van der Waals surface area contributed by atoms with Gasteiger partial charge in [0.25, 0.3) is 0 Å². The molecule has 1 fully saturated rings. The van der Waals surface area contributed by atoms with E-state index in [4.69, 9.17) is 5.11 Å². The summed E-state index contributed by atoms with van der Waals surface area (Å²) < 4.78 is 0. The Morgan fingerprint density at radius 2 is 2.19 bits per heavy atom. The predicted molar refractivity (Wildman–Crippen MR) is 64.5 cm³/mol. The minimum absolute atomic E-state index is 0.0710. The molecule has 0 radical (unpaired) electrons. The topological polar surface area (TPSA) is 52.6 Å². The molecule has 1 aliphatic heterocycles. The van der Waals surface area contributed by atoms with Crippen molar-refractivity contribution >= 4 is 5.97 Å². The van der Waals surface area contributed by atoms with Crippen LogP contribution in [0.15, 0.2) is 0 Å². The summed E-state index contributed by atoms with van der Waals surface area (Å²) in [6.45, 7) is 11.5. The molecule has 0 aromatic carbocycles. The van der Waals surface area contributed by atoms with E-state index in [1.165, 1.54) is 0 Å². The molecule has 1 aliphatic rings. The van der Waals surface area contributed by atoms with Gasteiger partial charge in [-0.15, -0.1) is 0 Å². The Morgan fingerprint density at radius 3 is 2.69 bits per heavy atom. The van der Waals surface area contributed by atoms with Gasteiger partial charge in [-0.2, -0.15) is 0 Å². The number of carboxylic acids is 1. The summed E-state index contributed by atoms with van der Waals surface area (Å²) in [5, 5.41) is 12.2. The number of hydrogen-bond acceptors (Lipinski definition) is 3. The van der Waals surface area contributed by atoms with Gasteiger partial charge in [-0.1, -0.05) is 13.8 Å². The van der Waals surface area contributed by atoms with Crippen molar-refractivity contribution in [3.8, 4) is 0 Å². The van der Waals surface area contributed by atoms with Crippen LogP contribution in [-0.2, 0) is 4.79 Å². The van der Waals surface area contributed by atoms with Crippen LogP contribution in [0.3, 0.4) is 0 Å². The first-order chi connectivity index (χ1) is 7.30. The first-order valence-corrected chi connectivity index (χ1v) is 5.99. The Kier molecular flexibility index (Phi) is 4.33. The van der Waals surface area contributed by atoms with Crippen molar-refractivity contribution in [2.75, 3.05) is 19.6 Å². The zero-order valence-corrected chi connectivity index (χ0v) is 10.8. The molecule has 94 valence electrons. The zero-order chi connectivity index (χ0) is 12.3. The highest BCUT2D eigenvalue weighted by Crippen LogP contribution is 2.21. The summed E-state index contributed by atoms with van der Waals surface area (Å²) in [5.41, 5.74) is 0.206. The van der Waals surface area contributed by atoms with Crippen molar-refractivity contribution in [3.63, 3.8) is 0 Å². The lowest BCUT2D eigenvalue weighted by atomic mass is 9.93. The Morgan fingerprint density at radius 1 is 1.56 bits per heavy atom. The molecule has 0 saturated carbocycles. The molecule has 16 heavy (non-hydrogen) atoms. The molecule has 0 spiro atoms. The average molecular weight is 228 g/mol. The highest BCUT2D eigenvalue weighted by molar-refractivity contribution is 5.67. The third kappa shape index (κ3) is 4.10. The number of carbonyl (C=O) groups is 1. The molecular formula is C12H24N2O2. The van der Waals surface area contributed by atoms with E-state index in [2.05, 4.69) is 37.9 Å². The fourth-order valence-corrected chi connectivity index (χ4v) is 2.18. The van der Waals surface area contributed by atoms with Gasteiger partial charge in [0.2, 0.25) is 0 Å². The van der Waals surface area contributed by atoms with Gasteiger partial charge in [-0.25, -0.2) is 0 Å².